The Morgan fingerprint density at radius 1 is 0.923 bits per heavy atom. The Balaban J connectivity index is 1.68. The molecule has 7 heteroatoms. The topological polar surface area (TPSA) is 82.3 Å². The Morgan fingerprint density at radius 2 is 1.65 bits per heavy atom. The van der Waals surface area contributed by atoms with Crippen LogP contribution in [0.1, 0.15) is 27.0 Å². The average Bonchev–Trinajstić information content (AvgIpc) is 2.65. The van der Waals surface area contributed by atoms with Gasteiger partial charge in [-0.15, -0.1) is 0 Å². The van der Waals surface area contributed by atoms with Crippen LogP contribution >= 0.6 is 12.2 Å². The van der Waals surface area contributed by atoms with E-state index in [1.54, 1.807) is 12.1 Å². The smallest absolute Gasteiger partial charge is 0.257 e. The van der Waals surface area contributed by atoms with E-state index in [-0.39, 0.29) is 12.5 Å². The fourth-order valence-corrected chi connectivity index (χ4v) is 2.26. The normalized spacial score (nSPS) is 9.92. The third-order valence-electron chi connectivity index (χ3n) is 3.79. The van der Waals surface area contributed by atoms with Crippen molar-refractivity contribution in [3.05, 3.63) is 70.8 Å². The van der Waals surface area contributed by atoms with E-state index in [4.69, 9.17) is 12.2 Å². The highest BCUT2D eigenvalue weighted by molar-refractivity contribution is 7.80. The molecule has 0 aliphatic carbocycles. The molecule has 2 amide bonds. The Labute approximate surface area is 158 Å². The summed E-state index contributed by atoms with van der Waals surface area (Å²) in [6.07, 6.45) is 0. The summed E-state index contributed by atoms with van der Waals surface area (Å²) in [7, 11) is 0. The first-order chi connectivity index (χ1) is 12.5. The van der Waals surface area contributed by atoms with E-state index < -0.39 is 5.91 Å². The third kappa shape index (κ3) is 6.18. The minimum absolute atomic E-state index is 0.153. The molecule has 0 unspecified atom stereocenters. The van der Waals surface area contributed by atoms with Crippen molar-refractivity contribution in [2.24, 2.45) is 0 Å². The van der Waals surface area contributed by atoms with Gasteiger partial charge in [-0.2, -0.15) is 0 Å². The number of amides is 2. The highest BCUT2D eigenvalue weighted by Gasteiger charge is 2.09. The Bertz CT molecular complexity index is 793. The molecule has 4 N–H and O–H groups in total. The van der Waals surface area contributed by atoms with E-state index in [0.717, 1.165) is 16.7 Å². The molecule has 0 saturated carbocycles. The molecule has 6 nitrogen and oxygen atoms in total. The van der Waals surface area contributed by atoms with E-state index in [1.807, 2.05) is 50.2 Å². The number of rotatable bonds is 5. The molecule has 0 radical (unpaired) electrons. The monoisotopic (exact) mass is 370 g/mol. The van der Waals surface area contributed by atoms with Gasteiger partial charge in [0.05, 0.1) is 6.54 Å². The largest absolute Gasteiger partial charge is 0.357 e. The number of hydrogen-bond acceptors (Lipinski definition) is 3. The van der Waals surface area contributed by atoms with Crippen LogP contribution in [0.2, 0.25) is 0 Å². The first-order valence-corrected chi connectivity index (χ1v) is 8.58. The highest BCUT2D eigenvalue weighted by atomic mass is 32.1. The van der Waals surface area contributed by atoms with Gasteiger partial charge in [-0.3, -0.25) is 20.4 Å². The molecule has 0 heterocycles. The van der Waals surface area contributed by atoms with Crippen molar-refractivity contribution in [2.45, 2.75) is 20.4 Å². The lowest BCUT2D eigenvalue weighted by molar-refractivity contribution is -0.120. The molecule has 136 valence electrons. The van der Waals surface area contributed by atoms with Gasteiger partial charge in [0, 0.05) is 12.1 Å². The molecule has 0 aliphatic heterocycles. The van der Waals surface area contributed by atoms with Crippen LogP contribution in [-0.2, 0) is 11.3 Å². The molecule has 26 heavy (non-hydrogen) atoms. The van der Waals surface area contributed by atoms with Crippen molar-refractivity contribution in [3.63, 3.8) is 0 Å². The van der Waals surface area contributed by atoms with Gasteiger partial charge in [0.2, 0.25) is 0 Å². The molecule has 0 fully saturated rings. The quantitative estimate of drug-likeness (QED) is 0.476. The molecule has 2 rings (SSSR count). The summed E-state index contributed by atoms with van der Waals surface area (Å²) in [4.78, 5) is 23.9. The van der Waals surface area contributed by atoms with Crippen LogP contribution in [0.4, 0.5) is 0 Å². The lowest BCUT2D eigenvalue weighted by atomic mass is 10.1. The summed E-state index contributed by atoms with van der Waals surface area (Å²) in [6, 6.07) is 15.2. The van der Waals surface area contributed by atoms with Crippen LogP contribution < -0.4 is 21.5 Å². The average molecular weight is 370 g/mol. The van der Waals surface area contributed by atoms with Gasteiger partial charge < -0.3 is 10.6 Å². The highest BCUT2D eigenvalue weighted by Crippen LogP contribution is 2.09. The number of aryl methyl sites for hydroxylation is 2. The van der Waals surface area contributed by atoms with Crippen LogP contribution in [-0.4, -0.2) is 23.5 Å². The number of hydrazine groups is 1. The van der Waals surface area contributed by atoms with Gasteiger partial charge in [0.25, 0.3) is 11.8 Å². The second-order valence-corrected chi connectivity index (χ2v) is 6.23. The van der Waals surface area contributed by atoms with Gasteiger partial charge in [0.15, 0.2) is 5.11 Å². The van der Waals surface area contributed by atoms with Crippen molar-refractivity contribution in [2.75, 3.05) is 6.54 Å². The van der Waals surface area contributed by atoms with Crippen molar-refractivity contribution in [3.8, 4) is 0 Å². The summed E-state index contributed by atoms with van der Waals surface area (Å²) in [6.45, 7) is 4.31. The van der Waals surface area contributed by atoms with Crippen LogP contribution in [0.15, 0.2) is 48.5 Å². The summed E-state index contributed by atoms with van der Waals surface area (Å²) in [5.74, 6) is -0.695. The maximum absolute atomic E-state index is 12.1. The fourth-order valence-electron chi connectivity index (χ4n) is 2.14. The van der Waals surface area contributed by atoms with E-state index in [9.17, 15) is 9.59 Å². The molecular formula is C19H22N4O2S. The van der Waals surface area contributed by atoms with Gasteiger partial charge in [-0.1, -0.05) is 36.4 Å². The molecule has 0 bridgehead atoms. The Morgan fingerprint density at radius 3 is 2.35 bits per heavy atom. The summed E-state index contributed by atoms with van der Waals surface area (Å²) in [5, 5.41) is 5.84. The maximum atomic E-state index is 12.1. The Hall–Kier alpha value is -2.93. The molecule has 0 spiro atoms. The SMILES string of the molecule is Cc1ccc(C(=O)NCC(=O)NNC(=S)NCc2ccccc2)cc1C. The fraction of sp³-hybridized carbons (Fsp3) is 0.211. The van der Waals surface area contributed by atoms with Gasteiger partial charge in [-0.05, 0) is 54.9 Å². The second-order valence-electron chi connectivity index (χ2n) is 5.82. The van der Waals surface area contributed by atoms with Crippen molar-refractivity contribution < 1.29 is 9.59 Å². The maximum Gasteiger partial charge on any atom is 0.257 e. The molecule has 0 saturated heterocycles. The van der Waals surface area contributed by atoms with Gasteiger partial charge in [-0.25, -0.2) is 0 Å². The second kappa shape index (κ2) is 9.53. The number of carbonyl (C=O) groups excluding carboxylic acids is 2. The first kappa shape index (κ1) is 19.4. The van der Waals surface area contributed by atoms with Crippen molar-refractivity contribution in [1.82, 2.24) is 21.5 Å². The van der Waals surface area contributed by atoms with Gasteiger partial charge >= 0.3 is 0 Å². The minimum Gasteiger partial charge on any atom is -0.357 e. The molecule has 0 aromatic heterocycles. The first-order valence-electron chi connectivity index (χ1n) is 8.18. The van der Waals surface area contributed by atoms with Crippen LogP contribution in [0, 0.1) is 13.8 Å². The summed E-state index contributed by atoms with van der Waals surface area (Å²) < 4.78 is 0. The minimum atomic E-state index is -0.397. The zero-order valence-electron chi connectivity index (χ0n) is 14.8. The summed E-state index contributed by atoms with van der Waals surface area (Å²) in [5.41, 5.74) is 8.77. The predicted octanol–water partition coefficient (Wildman–Crippen LogP) is 1.73. The number of benzene rings is 2. The lowest BCUT2D eigenvalue weighted by Crippen LogP contribution is -2.49. The number of hydrogen-bond donors (Lipinski definition) is 4. The number of nitrogens with one attached hydrogen (secondary N) is 4. The zero-order chi connectivity index (χ0) is 18.9. The van der Waals surface area contributed by atoms with Crippen molar-refractivity contribution in [1.29, 1.82) is 0 Å². The van der Waals surface area contributed by atoms with E-state index >= 15 is 0 Å². The van der Waals surface area contributed by atoms with Crippen LogP contribution in [0.3, 0.4) is 0 Å². The van der Waals surface area contributed by atoms with E-state index in [0.29, 0.717) is 17.2 Å². The molecule has 2 aromatic rings. The summed E-state index contributed by atoms with van der Waals surface area (Å²) >= 11 is 5.09. The zero-order valence-corrected chi connectivity index (χ0v) is 15.6. The molecule has 0 atom stereocenters. The molecule has 0 aliphatic rings. The predicted molar refractivity (Wildman–Crippen MR) is 105 cm³/mol. The third-order valence-corrected chi connectivity index (χ3v) is 4.04. The molecule has 2 aromatic carbocycles. The van der Waals surface area contributed by atoms with E-state index in [1.165, 1.54) is 0 Å². The standard InChI is InChI=1S/C19H22N4O2S/c1-13-8-9-16(10-14(13)2)18(25)20-12-17(24)22-23-19(26)21-11-15-6-4-3-5-7-15/h3-10H,11-12H2,1-2H3,(H,20,25)(H,22,24)(H2,21,23,26). The van der Waals surface area contributed by atoms with Gasteiger partial charge in [0.1, 0.15) is 0 Å². The molecular weight excluding hydrogens is 348 g/mol. The van der Waals surface area contributed by atoms with Crippen LogP contribution in [0.5, 0.6) is 0 Å². The number of thiocarbonyl (C=S) groups is 1. The van der Waals surface area contributed by atoms with Crippen molar-refractivity contribution >= 4 is 29.1 Å². The number of carbonyl (C=O) groups is 2. The van der Waals surface area contributed by atoms with Crippen LogP contribution in [0.25, 0.3) is 0 Å². The Kier molecular flexibility index (Phi) is 7.11. The van der Waals surface area contributed by atoms with E-state index in [2.05, 4.69) is 21.5 Å². The lowest BCUT2D eigenvalue weighted by Gasteiger charge is -2.12.